The van der Waals surface area contributed by atoms with Gasteiger partial charge in [-0.15, -0.1) is 0 Å². The maximum atomic E-state index is 11.3. The Labute approximate surface area is 73.6 Å². The third-order valence-electron chi connectivity index (χ3n) is 1.88. The molecule has 68 valence electrons. The molecule has 0 atom stereocenters. The molecular weight excluding hydrogens is 152 g/mol. The van der Waals surface area contributed by atoms with Crippen LogP contribution in [0.15, 0.2) is 11.6 Å². The second-order valence-electron chi connectivity index (χ2n) is 4.80. The molecule has 0 aromatic rings. The Hall–Kier alpha value is -0.790. The van der Waals surface area contributed by atoms with Crippen LogP contribution >= 0.6 is 0 Å². The molecular formula is C10H16O2. The van der Waals surface area contributed by atoms with Crippen molar-refractivity contribution in [3.63, 3.8) is 0 Å². The van der Waals surface area contributed by atoms with Crippen LogP contribution in [-0.2, 0) is 9.53 Å². The van der Waals surface area contributed by atoms with Gasteiger partial charge in [0.2, 0.25) is 0 Å². The lowest BCUT2D eigenvalue weighted by molar-refractivity contribution is -0.144. The topological polar surface area (TPSA) is 26.3 Å². The summed E-state index contributed by atoms with van der Waals surface area (Å²) < 4.78 is 5.16. The average molecular weight is 168 g/mol. The minimum Gasteiger partial charge on any atom is -0.452 e. The lowest BCUT2D eigenvalue weighted by Crippen LogP contribution is -2.19. The van der Waals surface area contributed by atoms with Crippen LogP contribution in [0.4, 0.5) is 0 Å². The molecule has 0 saturated heterocycles. The number of hydrogen-bond acceptors (Lipinski definition) is 2. The first-order valence-corrected chi connectivity index (χ1v) is 4.19. The van der Waals surface area contributed by atoms with Gasteiger partial charge in [0.05, 0.1) is 0 Å². The first kappa shape index (κ1) is 9.30. The number of esters is 1. The highest BCUT2D eigenvalue weighted by Gasteiger charge is 2.37. The predicted octanol–water partition coefficient (Wildman–Crippen LogP) is 2.29. The van der Waals surface area contributed by atoms with Gasteiger partial charge in [0.25, 0.3) is 0 Å². The number of carbonyl (C=O) groups excluding carboxylic acids is 1. The standard InChI is InChI=1S/C10H16O2/c1-9(2,3)7-6-10(4,5)12-8(7)11/h6H,1-5H3. The SMILES string of the molecule is CC1(C)C=C(C(C)(C)C)C(=O)O1. The summed E-state index contributed by atoms with van der Waals surface area (Å²) in [5, 5.41) is 0. The van der Waals surface area contributed by atoms with E-state index in [0.29, 0.717) is 0 Å². The highest BCUT2D eigenvalue weighted by molar-refractivity contribution is 5.92. The zero-order chi connectivity index (χ0) is 9.57. The smallest absolute Gasteiger partial charge is 0.335 e. The first-order valence-electron chi connectivity index (χ1n) is 4.19. The zero-order valence-corrected chi connectivity index (χ0v) is 8.39. The second kappa shape index (κ2) is 2.35. The van der Waals surface area contributed by atoms with E-state index in [2.05, 4.69) is 0 Å². The van der Waals surface area contributed by atoms with Crippen molar-refractivity contribution in [3.05, 3.63) is 11.6 Å². The highest BCUT2D eigenvalue weighted by Crippen LogP contribution is 2.34. The van der Waals surface area contributed by atoms with Crippen molar-refractivity contribution in [2.24, 2.45) is 5.41 Å². The molecule has 2 nitrogen and oxygen atoms in total. The van der Waals surface area contributed by atoms with Gasteiger partial charge in [-0.3, -0.25) is 0 Å². The molecule has 0 bridgehead atoms. The molecule has 0 aromatic carbocycles. The van der Waals surface area contributed by atoms with E-state index in [1.807, 2.05) is 40.7 Å². The van der Waals surface area contributed by atoms with Crippen molar-refractivity contribution in [2.45, 2.75) is 40.2 Å². The number of cyclic esters (lactones) is 1. The normalized spacial score (nSPS) is 22.1. The van der Waals surface area contributed by atoms with Crippen molar-refractivity contribution >= 4 is 5.97 Å². The van der Waals surface area contributed by atoms with E-state index < -0.39 is 5.60 Å². The maximum absolute atomic E-state index is 11.3. The fourth-order valence-electron chi connectivity index (χ4n) is 1.25. The molecule has 0 aromatic heterocycles. The fourth-order valence-corrected chi connectivity index (χ4v) is 1.25. The summed E-state index contributed by atoms with van der Waals surface area (Å²) in [4.78, 5) is 11.3. The summed E-state index contributed by atoms with van der Waals surface area (Å²) in [5.41, 5.74) is 0.261. The molecule has 0 radical (unpaired) electrons. The summed E-state index contributed by atoms with van der Waals surface area (Å²) >= 11 is 0. The van der Waals surface area contributed by atoms with Crippen LogP contribution in [0.1, 0.15) is 34.6 Å². The van der Waals surface area contributed by atoms with Crippen molar-refractivity contribution in [1.82, 2.24) is 0 Å². The van der Waals surface area contributed by atoms with Gasteiger partial charge >= 0.3 is 5.97 Å². The van der Waals surface area contributed by atoms with Gasteiger partial charge in [0.15, 0.2) is 0 Å². The van der Waals surface area contributed by atoms with Gasteiger partial charge < -0.3 is 4.74 Å². The van der Waals surface area contributed by atoms with E-state index in [4.69, 9.17) is 4.74 Å². The minimum atomic E-state index is -0.417. The van der Waals surface area contributed by atoms with Gasteiger partial charge in [0, 0.05) is 5.57 Å². The van der Waals surface area contributed by atoms with Gasteiger partial charge in [-0.25, -0.2) is 4.79 Å². The summed E-state index contributed by atoms with van der Waals surface area (Å²) in [6.07, 6.45) is 1.91. The molecule has 2 heteroatoms. The Bertz CT molecular complexity index is 241. The molecule has 1 heterocycles. The summed E-state index contributed by atoms with van der Waals surface area (Å²) in [5.74, 6) is -0.174. The molecule has 0 saturated carbocycles. The Morgan fingerprint density at radius 2 is 1.83 bits per heavy atom. The van der Waals surface area contributed by atoms with E-state index >= 15 is 0 Å². The number of carbonyl (C=O) groups is 1. The van der Waals surface area contributed by atoms with E-state index in [9.17, 15) is 4.79 Å². The Morgan fingerprint density at radius 1 is 1.33 bits per heavy atom. The van der Waals surface area contributed by atoms with E-state index in [-0.39, 0.29) is 11.4 Å². The van der Waals surface area contributed by atoms with Crippen molar-refractivity contribution in [3.8, 4) is 0 Å². The second-order valence-corrected chi connectivity index (χ2v) is 4.80. The molecule has 12 heavy (non-hydrogen) atoms. The first-order chi connectivity index (χ1) is 5.22. The third-order valence-corrected chi connectivity index (χ3v) is 1.88. The molecule has 0 unspecified atom stereocenters. The largest absolute Gasteiger partial charge is 0.452 e. The monoisotopic (exact) mass is 168 g/mol. The number of rotatable bonds is 0. The van der Waals surface area contributed by atoms with Crippen molar-refractivity contribution < 1.29 is 9.53 Å². The molecule has 0 spiro atoms. The number of ether oxygens (including phenoxy) is 1. The average Bonchev–Trinajstić information content (AvgIpc) is 2.03. The Balaban J connectivity index is 3.00. The van der Waals surface area contributed by atoms with Crippen LogP contribution in [0.25, 0.3) is 0 Å². The van der Waals surface area contributed by atoms with Crippen molar-refractivity contribution in [1.29, 1.82) is 0 Å². The van der Waals surface area contributed by atoms with Crippen LogP contribution in [0, 0.1) is 5.41 Å². The maximum Gasteiger partial charge on any atom is 0.335 e. The predicted molar refractivity (Wildman–Crippen MR) is 47.7 cm³/mol. The van der Waals surface area contributed by atoms with E-state index in [1.54, 1.807) is 0 Å². The van der Waals surface area contributed by atoms with Crippen LogP contribution in [0.5, 0.6) is 0 Å². The molecule has 0 fully saturated rings. The van der Waals surface area contributed by atoms with Gasteiger partial charge in [-0.1, -0.05) is 20.8 Å². The lowest BCUT2D eigenvalue weighted by atomic mass is 9.85. The van der Waals surface area contributed by atoms with Gasteiger partial charge in [0.1, 0.15) is 5.60 Å². The van der Waals surface area contributed by atoms with E-state index in [1.165, 1.54) is 0 Å². The summed E-state index contributed by atoms with van der Waals surface area (Å²) in [7, 11) is 0. The Kier molecular flexibility index (Phi) is 1.82. The quantitative estimate of drug-likeness (QED) is 0.519. The number of hydrogen-bond donors (Lipinski definition) is 0. The highest BCUT2D eigenvalue weighted by atomic mass is 16.6. The van der Waals surface area contributed by atoms with Crippen LogP contribution in [0.2, 0.25) is 0 Å². The van der Waals surface area contributed by atoms with Gasteiger partial charge in [-0.2, -0.15) is 0 Å². The minimum absolute atomic E-state index is 0.106. The molecule has 0 aliphatic carbocycles. The molecule has 1 rings (SSSR count). The zero-order valence-electron chi connectivity index (χ0n) is 8.39. The fraction of sp³-hybridized carbons (Fsp3) is 0.700. The van der Waals surface area contributed by atoms with Gasteiger partial charge in [-0.05, 0) is 25.3 Å². The van der Waals surface area contributed by atoms with Crippen molar-refractivity contribution in [2.75, 3.05) is 0 Å². The van der Waals surface area contributed by atoms with Crippen LogP contribution in [-0.4, -0.2) is 11.6 Å². The lowest BCUT2D eigenvalue weighted by Gasteiger charge is -2.16. The summed E-state index contributed by atoms with van der Waals surface area (Å²) in [6, 6.07) is 0. The third kappa shape index (κ3) is 1.68. The molecule has 1 aliphatic heterocycles. The summed E-state index contributed by atoms with van der Waals surface area (Å²) in [6.45, 7) is 9.83. The van der Waals surface area contributed by atoms with E-state index in [0.717, 1.165) is 5.57 Å². The van der Waals surface area contributed by atoms with Crippen LogP contribution < -0.4 is 0 Å². The van der Waals surface area contributed by atoms with Crippen LogP contribution in [0.3, 0.4) is 0 Å². The molecule has 0 amide bonds. The molecule has 0 N–H and O–H groups in total. The Morgan fingerprint density at radius 3 is 2.00 bits per heavy atom. The molecule has 1 aliphatic rings.